The van der Waals surface area contributed by atoms with Gasteiger partial charge in [-0.2, -0.15) is 13.2 Å². The zero-order valence-electron chi connectivity index (χ0n) is 11.9. The molecule has 0 bridgehead atoms. The highest BCUT2D eigenvalue weighted by Crippen LogP contribution is 2.33. The molecule has 0 N–H and O–H groups in total. The van der Waals surface area contributed by atoms with Crippen LogP contribution in [0.4, 0.5) is 13.2 Å². The van der Waals surface area contributed by atoms with E-state index in [2.05, 4.69) is 0 Å². The normalized spacial score (nSPS) is 20.0. The van der Waals surface area contributed by atoms with Crippen LogP contribution in [0.1, 0.15) is 23.2 Å². The van der Waals surface area contributed by atoms with E-state index in [-0.39, 0.29) is 30.0 Å². The standard InChI is InChI=1S/C14H16F3NO3S/c1-22(20,21)12-6-4-10(5-7-12)13(19)18-8-2-3-11(9-18)14(15,16)17/h4-7,11H,2-3,8-9H2,1H3/t11-/m1/s1. The Kier molecular flexibility index (Phi) is 4.51. The van der Waals surface area contributed by atoms with Crippen molar-refractivity contribution in [2.45, 2.75) is 23.9 Å². The van der Waals surface area contributed by atoms with E-state index in [1.54, 1.807) is 0 Å². The smallest absolute Gasteiger partial charge is 0.338 e. The number of halogens is 3. The SMILES string of the molecule is CS(=O)(=O)c1ccc(C(=O)N2CCC[C@@H](C(F)(F)F)C2)cc1. The van der Waals surface area contributed by atoms with Crippen LogP contribution in [0.5, 0.6) is 0 Å². The summed E-state index contributed by atoms with van der Waals surface area (Å²) in [6.45, 7) is -0.0740. The van der Waals surface area contributed by atoms with Crippen molar-refractivity contribution in [2.75, 3.05) is 19.3 Å². The number of sulfone groups is 1. The first-order valence-electron chi connectivity index (χ1n) is 6.75. The summed E-state index contributed by atoms with van der Waals surface area (Å²) in [6.07, 6.45) is -2.93. The van der Waals surface area contributed by atoms with Crippen molar-refractivity contribution in [1.82, 2.24) is 4.90 Å². The van der Waals surface area contributed by atoms with Gasteiger partial charge < -0.3 is 4.90 Å². The van der Waals surface area contributed by atoms with E-state index in [4.69, 9.17) is 0 Å². The molecule has 2 rings (SSSR count). The van der Waals surface area contributed by atoms with Gasteiger partial charge in [-0.1, -0.05) is 0 Å². The van der Waals surface area contributed by atoms with Gasteiger partial charge in [-0.15, -0.1) is 0 Å². The lowest BCUT2D eigenvalue weighted by molar-refractivity contribution is -0.184. The lowest BCUT2D eigenvalue weighted by Gasteiger charge is -2.33. The monoisotopic (exact) mass is 335 g/mol. The lowest BCUT2D eigenvalue weighted by Crippen LogP contribution is -2.44. The van der Waals surface area contributed by atoms with Crippen LogP contribution < -0.4 is 0 Å². The molecule has 1 aromatic rings. The second kappa shape index (κ2) is 5.91. The van der Waals surface area contributed by atoms with E-state index in [0.29, 0.717) is 6.42 Å². The van der Waals surface area contributed by atoms with Gasteiger partial charge in [0.15, 0.2) is 9.84 Å². The Balaban J connectivity index is 2.14. The van der Waals surface area contributed by atoms with Crippen molar-refractivity contribution in [3.63, 3.8) is 0 Å². The van der Waals surface area contributed by atoms with Crippen LogP contribution in [0.25, 0.3) is 0 Å². The minimum absolute atomic E-state index is 0.0281. The molecule has 4 nitrogen and oxygen atoms in total. The summed E-state index contributed by atoms with van der Waals surface area (Å²) in [5.41, 5.74) is 0.190. The molecule has 0 aromatic heterocycles. The van der Waals surface area contributed by atoms with Gasteiger partial charge >= 0.3 is 6.18 Å². The number of benzene rings is 1. The molecule has 1 saturated heterocycles. The van der Waals surface area contributed by atoms with Crippen LogP contribution in [0, 0.1) is 5.92 Å². The van der Waals surface area contributed by atoms with Crippen LogP contribution in [0.2, 0.25) is 0 Å². The van der Waals surface area contributed by atoms with Gasteiger partial charge in [0.25, 0.3) is 5.91 Å². The van der Waals surface area contributed by atoms with Gasteiger partial charge in [0.05, 0.1) is 10.8 Å². The molecule has 1 amide bonds. The lowest BCUT2D eigenvalue weighted by atomic mass is 9.97. The molecule has 0 radical (unpaired) electrons. The minimum atomic E-state index is -4.31. The van der Waals surface area contributed by atoms with E-state index in [1.807, 2.05) is 0 Å². The Morgan fingerprint density at radius 1 is 1.23 bits per heavy atom. The Hall–Kier alpha value is -1.57. The molecule has 0 aliphatic carbocycles. The van der Waals surface area contributed by atoms with Gasteiger partial charge in [0.1, 0.15) is 0 Å². The van der Waals surface area contributed by atoms with E-state index in [1.165, 1.54) is 29.2 Å². The maximum absolute atomic E-state index is 12.8. The minimum Gasteiger partial charge on any atom is -0.338 e. The summed E-state index contributed by atoms with van der Waals surface area (Å²) in [5, 5.41) is 0. The third-order valence-corrected chi connectivity index (χ3v) is 4.83. The molecule has 1 heterocycles. The molecule has 1 aromatic carbocycles. The number of amides is 1. The Morgan fingerprint density at radius 3 is 2.32 bits per heavy atom. The first-order chi connectivity index (χ1) is 10.1. The third-order valence-electron chi connectivity index (χ3n) is 3.70. The number of hydrogen-bond donors (Lipinski definition) is 0. The summed E-state index contributed by atoms with van der Waals surface area (Å²) in [4.78, 5) is 13.5. The van der Waals surface area contributed by atoms with Crippen molar-refractivity contribution in [3.8, 4) is 0 Å². The molecule has 1 aliphatic heterocycles. The molecule has 122 valence electrons. The fraction of sp³-hybridized carbons (Fsp3) is 0.500. The first-order valence-corrected chi connectivity index (χ1v) is 8.64. The predicted molar refractivity (Wildman–Crippen MR) is 74.2 cm³/mol. The molecule has 0 saturated carbocycles. The number of nitrogens with zero attached hydrogens (tertiary/aromatic N) is 1. The van der Waals surface area contributed by atoms with Crippen LogP contribution in [-0.2, 0) is 9.84 Å². The number of alkyl halides is 3. The Bertz CT molecular complexity index is 653. The van der Waals surface area contributed by atoms with Crippen molar-refractivity contribution < 1.29 is 26.4 Å². The zero-order valence-corrected chi connectivity index (χ0v) is 12.7. The molecule has 1 atom stereocenters. The second-order valence-corrected chi connectivity index (χ2v) is 7.44. The number of hydrogen-bond acceptors (Lipinski definition) is 3. The molecule has 0 unspecified atom stereocenters. The molecule has 1 aliphatic rings. The molecule has 8 heteroatoms. The van der Waals surface area contributed by atoms with Gasteiger partial charge in [0.2, 0.25) is 0 Å². The van der Waals surface area contributed by atoms with Crippen molar-refractivity contribution in [2.24, 2.45) is 5.92 Å². The number of likely N-dealkylation sites (tertiary alicyclic amines) is 1. The molecule has 1 fully saturated rings. The van der Waals surface area contributed by atoms with E-state index in [9.17, 15) is 26.4 Å². The van der Waals surface area contributed by atoms with E-state index < -0.39 is 27.8 Å². The number of carbonyl (C=O) groups excluding carboxylic acids is 1. The fourth-order valence-corrected chi connectivity index (χ4v) is 3.09. The van der Waals surface area contributed by atoms with Gasteiger partial charge in [-0.25, -0.2) is 8.42 Å². The van der Waals surface area contributed by atoms with Gasteiger partial charge in [0, 0.05) is 24.9 Å². The highest BCUT2D eigenvalue weighted by Gasteiger charge is 2.42. The highest BCUT2D eigenvalue weighted by atomic mass is 32.2. The number of carbonyl (C=O) groups is 1. The molecular formula is C14H16F3NO3S. The molecule has 0 spiro atoms. The van der Waals surface area contributed by atoms with Crippen molar-refractivity contribution >= 4 is 15.7 Å². The van der Waals surface area contributed by atoms with Crippen LogP contribution >= 0.6 is 0 Å². The quantitative estimate of drug-likeness (QED) is 0.834. The summed E-state index contributed by atoms with van der Waals surface area (Å²) in [7, 11) is -3.37. The average Bonchev–Trinajstić information content (AvgIpc) is 2.45. The summed E-state index contributed by atoms with van der Waals surface area (Å²) < 4.78 is 61.0. The van der Waals surface area contributed by atoms with Crippen molar-refractivity contribution in [3.05, 3.63) is 29.8 Å². The van der Waals surface area contributed by atoms with E-state index >= 15 is 0 Å². The topological polar surface area (TPSA) is 54.5 Å². The number of piperidine rings is 1. The Morgan fingerprint density at radius 2 is 1.82 bits per heavy atom. The summed E-state index contributed by atoms with van der Waals surface area (Å²) >= 11 is 0. The van der Waals surface area contributed by atoms with E-state index in [0.717, 1.165) is 6.26 Å². The number of rotatable bonds is 2. The highest BCUT2D eigenvalue weighted by molar-refractivity contribution is 7.90. The molecular weight excluding hydrogens is 319 g/mol. The summed E-state index contributed by atoms with van der Waals surface area (Å²) in [5.74, 6) is -2.01. The predicted octanol–water partition coefficient (Wildman–Crippen LogP) is 2.50. The maximum Gasteiger partial charge on any atom is 0.393 e. The Labute approximate surface area is 126 Å². The largest absolute Gasteiger partial charge is 0.393 e. The summed E-state index contributed by atoms with van der Waals surface area (Å²) in [6, 6.07) is 5.23. The average molecular weight is 335 g/mol. The van der Waals surface area contributed by atoms with Crippen molar-refractivity contribution in [1.29, 1.82) is 0 Å². The van der Waals surface area contributed by atoms with Crippen LogP contribution in [0.15, 0.2) is 29.2 Å². The van der Waals surface area contributed by atoms with Crippen LogP contribution in [0.3, 0.4) is 0 Å². The first kappa shape index (κ1) is 16.8. The fourth-order valence-electron chi connectivity index (χ4n) is 2.46. The molecule has 22 heavy (non-hydrogen) atoms. The third kappa shape index (κ3) is 3.79. The zero-order chi connectivity index (χ0) is 16.5. The van der Waals surface area contributed by atoms with Crippen LogP contribution in [-0.4, -0.2) is 44.7 Å². The van der Waals surface area contributed by atoms with Gasteiger partial charge in [-0.3, -0.25) is 4.79 Å². The van der Waals surface area contributed by atoms with Gasteiger partial charge in [-0.05, 0) is 37.1 Å². The maximum atomic E-state index is 12.8. The second-order valence-electron chi connectivity index (χ2n) is 5.43.